The fraction of sp³-hybridized carbons (Fsp3) is 0.872. The highest BCUT2D eigenvalue weighted by atomic mass is 31.2. The lowest BCUT2D eigenvalue weighted by atomic mass is 10.0. The van der Waals surface area contributed by atoms with E-state index in [9.17, 15) is 19.4 Å². The number of unbranched alkanes of at least 4 members (excludes halogenated alkanes) is 20. The van der Waals surface area contributed by atoms with Crippen LogP contribution < -0.4 is 5.32 Å². The van der Waals surface area contributed by atoms with Crippen LogP contribution in [0.25, 0.3) is 0 Å². The fourth-order valence-corrected chi connectivity index (χ4v) is 6.20. The molecule has 0 fully saturated rings. The quantitative estimate of drug-likeness (QED) is 0.0263. The zero-order chi connectivity index (χ0) is 35.8. The monoisotopic (exact) mass is 702 g/mol. The van der Waals surface area contributed by atoms with Crippen molar-refractivity contribution in [3.05, 3.63) is 24.3 Å². The third kappa shape index (κ3) is 33.5. The molecule has 0 radical (unpaired) electrons. The summed E-state index contributed by atoms with van der Waals surface area (Å²) in [5, 5.41) is 13.7. The van der Waals surface area contributed by atoms with Crippen LogP contribution in [0.15, 0.2) is 24.3 Å². The van der Waals surface area contributed by atoms with Crippen molar-refractivity contribution in [3.8, 4) is 0 Å². The summed E-state index contributed by atoms with van der Waals surface area (Å²) in [5.74, 6) is -0.189. The minimum absolute atomic E-state index is 0.0578. The number of phosphoric acid groups is 1. The van der Waals surface area contributed by atoms with E-state index >= 15 is 0 Å². The molecule has 0 aliphatic carbocycles. The second kappa shape index (κ2) is 31.9. The molecule has 284 valence electrons. The topological polar surface area (TPSA) is 105 Å². The lowest BCUT2D eigenvalue weighted by Gasteiger charge is -2.25. The van der Waals surface area contributed by atoms with Crippen molar-refractivity contribution >= 4 is 13.7 Å². The standard InChI is InChI=1S/C39H77N2O6P/c1-6-8-10-12-14-16-18-20-21-22-24-26-28-30-32-38(42)37(36-47-48(44,45)46-35-34-41(3,4)5)40-39(43)33-31-29-27-25-23-19-17-15-13-11-9-7-2/h22,24,30,32,37-38,42H,6-21,23,25-29,31,33-36H2,1-5H3,(H-,40,43,44,45)/p+1/b24-22+,32-30+. The molecule has 0 aromatic heterocycles. The van der Waals surface area contributed by atoms with Crippen molar-refractivity contribution in [3.63, 3.8) is 0 Å². The van der Waals surface area contributed by atoms with Crippen LogP contribution in [0.1, 0.15) is 168 Å². The Balaban J connectivity index is 4.57. The summed E-state index contributed by atoms with van der Waals surface area (Å²) >= 11 is 0. The molecule has 8 nitrogen and oxygen atoms in total. The first-order chi connectivity index (χ1) is 23.0. The molecule has 1 amide bonds. The number of rotatable bonds is 35. The predicted molar refractivity (Wildman–Crippen MR) is 203 cm³/mol. The number of allylic oxidation sites excluding steroid dienone is 3. The van der Waals surface area contributed by atoms with Gasteiger partial charge in [-0.2, -0.15) is 0 Å². The van der Waals surface area contributed by atoms with E-state index in [0.29, 0.717) is 17.4 Å². The lowest BCUT2D eigenvalue weighted by Crippen LogP contribution is -2.45. The smallest absolute Gasteiger partial charge is 0.387 e. The predicted octanol–water partition coefficient (Wildman–Crippen LogP) is 10.2. The van der Waals surface area contributed by atoms with Crippen LogP contribution in [0, 0.1) is 0 Å². The van der Waals surface area contributed by atoms with E-state index in [0.717, 1.165) is 38.5 Å². The van der Waals surface area contributed by atoms with Gasteiger partial charge in [0, 0.05) is 6.42 Å². The van der Waals surface area contributed by atoms with Crippen LogP contribution in [-0.4, -0.2) is 73.4 Å². The van der Waals surface area contributed by atoms with Gasteiger partial charge >= 0.3 is 7.82 Å². The summed E-state index contributed by atoms with van der Waals surface area (Å²) in [5.41, 5.74) is 0. The Bertz CT molecular complexity index is 845. The Morgan fingerprint density at radius 2 is 1.15 bits per heavy atom. The second-order valence-electron chi connectivity index (χ2n) is 14.7. The first kappa shape index (κ1) is 47.0. The van der Waals surface area contributed by atoms with Gasteiger partial charge in [-0.1, -0.05) is 154 Å². The summed E-state index contributed by atoms with van der Waals surface area (Å²) in [4.78, 5) is 23.0. The SMILES string of the molecule is CCCCCCCCCC/C=C/CC/C=C/C(O)C(COP(=O)(O)OCC[N+](C)(C)C)NC(=O)CCCCCCCCCCCCCC. The van der Waals surface area contributed by atoms with E-state index in [-0.39, 0.29) is 19.1 Å². The molecule has 3 N–H and O–H groups in total. The molecule has 0 aromatic carbocycles. The van der Waals surface area contributed by atoms with E-state index in [1.165, 1.54) is 109 Å². The van der Waals surface area contributed by atoms with E-state index in [4.69, 9.17) is 9.05 Å². The molecule has 0 aliphatic rings. The Labute approximate surface area is 296 Å². The molecular formula is C39H78N2O6P+. The van der Waals surface area contributed by atoms with Crippen LogP contribution in [0.5, 0.6) is 0 Å². The Kier molecular flexibility index (Phi) is 31.2. The molecule has 0 heterocycles. The molecule has 0 saturated carbocycles. The highest BCUT2D eigenvalue weighted by molar-refractivity contribution is 7.47. The van der Waals surface area contributed by atoms with Crippen molar-refractivity contribution in [1.82, 2.24) is 5.32 Å². The maximum Gasteiger partial charge on any atom is 0.472 e. The molecule has 0 aliphatic heterocycles. The van der Waals surface area contributed by atoms with Gasteiger partial charge in [0.25, 0.3) is 0 Å². The number of likely N-dealkylation sites (N-methyl/N-ethyl adjacent to an activating group) is 1. The van der Waals surface area contributed by atoms with E-state index in [1.807, 2.05) is 27.2 Å². The van der Waals surface area contributed by atoms with Crippen LogP contribution in [0.3, 0.4) is 0 Å². The number of quaternary nitrogens is 1. The molecule has 48 heavy (non-hydrogen) atoms. The highest BCUT2D eigenvalue weighted by Crippen LogP contribution is 2.43. The maximum absolute atomic E-state index is 12.8. The van der Waals surface area contributed by atoms with E-state index in [2.05, 4.69) is 31.3 Å². The third-order valence-corrected chi connectivity index (χ3v) is 9.66. The highest BCUT2D eigenvalue weighted by Gasteiger charge is 2.27. The van der Waals surface area contributed by atoms with Crippen LogP contribution in [0.4, 0.5) is 0 Å². The van der Waals surface area contributed by atoms with Crippen LogP contribution in [0.2, 0.25) is 0 Å². The number of carbonyl (C=O) groups is 1. The van der Waals surface area contributed by atoms with E-state index in [1.54, 1.807) is 6.08 Å². The fourth-order valence-electron chi connectivity index (χ4n) is 5.47. The summed E-state index contributed by atoms with van der Waals surface area (Å²) < 4.78 is 23.4. The first-order valence-electron chi connectivity index (χ1n) is 19.7. The average molecular weight is 702 g/mol. The Morgan fingerprint density at radius 3 is 1.67 bits per heavy atom. The van der Waals surface area contributed by atoms with Gasteiger partial charge in [-0.05, 0) is 32.1 Å². The van der Waals surface area contributed by atoms with Crippen molar-refractivity contribution in [2.75, 3.05) is 40.9 Å². The Hall–Kier alpha value is -1.02. The van der Waals surface area contributed by atoms with Gasteiger partial charge in [-0.3, -0.25) is 13.8 Å². The molecule has 0 aromatic rings. The van der Waals surface area contributed by atoms with Gasteiger partial charge in [0.1, 0.15) is 13.2 Å². The lowest BCUT2D eigenvalue weighted by molar-refractivity contribution is -0.870. The number of nitrogens with zero attached hydrogens (tertiary/aromatic N) is 1. The van der Waals surface area contributed by atoms with E-state index < -0.39 is 20.0 Å². The van der Waals surface area contributed by atoms with Gasteiger partial charge in [0.05, 0.1) is 39.9 Å². The number of aliphatic hydroxyl groups is 1. The largest absolute Gasteiger partial charge is 0.472 e. The summed E-state index contributed by atoms with van der Waals surface area (Å²) in [7, 11) is 1.56. The van der Waals surface area contributed by atoms with Crippen molar-refractivity contribution in [2.45, 2.75) is 180 Å². The van der Waals surface area contributed by atoms with Gasteiger partial charge in [0.2, 0.25) is 5.91 Å². The van der Waals surface area contributed by atoms with Gasteiger partial charge in [-0.15, -0.1) is 0 Å². The van der Waals surface area contributed by atoms with Crippen LogP contribution >= 0.6 is 7.82 Å². The normalized spacial score (nSPS) is 14.9. The molecule has 9 heteroatoms. The summed E-state index contributed by atoms with van der Waals surface area (Å²) in [6.45, 7) is 4.76. The molecule has 0 bridgehead atoms. The van der Waals surface area contributed by atoms with Gasteiger partial charge in [0.15, 0.2) is 0 Å². The molecule has 0 rings (SSSR count). The number of amides is 1. The first-order valence-corrected chi connectivity index (χ1v) is 21.2. The number of phosphoric ester groups is 1. The van der Waals surface area contributed by atoms with Gasteiger partial charge in [-0.25, -0.2) is 4.57 Å². The zero-order valence-corrected chi connectivity index (χ0v) is 32.9. The van der Waals surface area contributed by atoms with Crippen LogP contribution in [-0.2, 0) is 18.4 Å². The molecule has 3 unspecified atom stereocenters. The number of carbonyl (C=O) groups excluding carboxylic acids is 1. The van der Waals surface area contributed by atoms with Gasteiger partial charge < -0.3 is 19.8 Å². The van der Waals surface area contributed by atoms with Crippen molar-refractivity contribution in [1.29, 1.82) is 0 Å². The minimum atomic E-state index is -4.33. The molecular weight excluding hydrogens is 623 g/mol. The summed E-state index contributed by atoms with van der Waals surface area (Å²) in [6, 6.07) is -0.855. The minimum Gasteiger partial charge on any atom is -0.387 e. The van der Waals surface area contributed by atoms with Crippen molar-refractivity contribution < 1.29 is 32.9 Å². The van der Waals surface area contributed by atoms with Crippen molar-refractivity contribution in [2.24, 2.45) is 0 Å². The third-order valence-electron chi connectivity index (χ3n) is 8.67. The zero-order valence-electron chi connectivity index (χ0n) is 32.0. The second-order valence-corrected chi connectivity index (χ2v) is 16.1. The summed E-state index contributed by atoms with van der Waals surface area (Å²) in [6.07, 6.45) is 35.2. The average Bonchev–Trinajstić information content (AvgIpc) is 3.02. The number of hydrogen-bond donors (Lipinski definition) is 3. The number of hydrogen-bond acceptors (Lipinski definition) is 5. The molecule has 0 saturated heterocycles. The number of nitrogens with one attached hydrogen (secondary N) is 1. The Morgan fingerprint density at radius 1 is 0.688 bits per heavy atom. The number of aliphatic hydroxyl groups excluding tert-OH is 1. The molecule has 0 spiro atoms. The molecule has 3 atom stereocenters. The maximum atomic E-state index is 12.8.